The van der Waals surface area contributed by atoms with Gasteiger partial charge in [0, 0.05) is 0 Å². The molecule has 0 N–H and O–H groups in total. The van der Waals surface area contributed by atoms with Gasteiger partial charge in [0.05, 0.1) is 0 Å². The number of hydrogen-bond acceptors (Lipinski definition) is 1. The van der Waals surface area contributed by atoms with E-state index in [2.05, 4.69) is 11.7 Å². The Morgan fingerprint density at radius 3 is 2.08 bits per heavy atom. The zero-order chi connectivity index (χ0) is 19.4. The van der Waals surface area contributed by atoms with Crippen molar-refractivity contribution >= 4 is 0 Å². The molecule has 148 valence electrons. The van der Waals surface area contributed by atoms with Gasteiger partial charge in [-0.15, -0.1) is 0 Å². The molecule has 1 aromatic carbocycles. The lowest BCUT2D eigenvalue weighted by atomic mass is 9.77. The Bertz CT molecular complexity index is 546. The minimum atomic E-state index is -5.68. The Morgan fingerprint density at radius 1 is 1.00 bits per heavy atom. The van der Waals surface area contributed by atoms with Crippen molar-refractivity contribution < 1.29 is 31.1 Å². The Hall–Kier alpha value is -1.40. The number of halogens is 6. The van der Waals surface area contributed by atoms with E-state index in [1.165, 1.54) is 31.4 Å². The highest BCUT2D eigenvalue weighted by molar-refractivity contribution is 5.30. The molecule has 0 heterocycles. The lowest BCUT2D eigenvalue weighted by molar-refractivity contribution is -0.304. The third-order valence-electron chi connectivity index (χ3n) is 5.00. The summed E-state index contributed by atoms with van der Waals surface area (Å²) < 4.78 is 79.8. The first-order chi connectivity index (χ1) is 12.1. The first-order valence-corrected chi connectivity index (χ1v) is 9.01. The predicted octanol–water partition coefficient (Wildman–Crippen LogP) is 7.02. The van der Waals surface area contributed by atoms with E-state index < -0.39 is 24.2 Å². The van der Waals surface area contributed by atoms with Gasteiger partial charge in [0.2, 0.25) is 0 Å². The smallest absolute Gasteiger partial charge is 0.430 e. The summed E-state index contributed by atoms with van der Waals surface area (Å²) in [7, 11) is 0. The van der Waals surface area contributed by atoms with E-state index in [9.17, 15) is 26.3 Å². The zero-order valence-corrected chi connectivity index (χ0v) is 14.7. The Balaban J connectivity index is 1.93. The molecule has 1 fully saturated rings. The molecule has 1 aliphatic carbocycles. The minimum Gasteiger partial charge on any atom is -0.430 e. The maximum Gasteiger partial charge on any atom is 0.439 e. The molecule has 0 spiro atoms. The van der Waals surface area contributed by atoms with Gasteiger partial charge in [-0.1, -0.05) is 38.3 Å². The molecule has 0 saturated heterocycles. The van der Waals surface area contributed by atoms with Crippen molar-refractivity contribution in [3.63, 3.8) is 0 Å². The Morgan fingerprint density at radius 2 is 1.58 bits per heavy atom. The fourth-order valence-corrected chi connectivity index (χ4v) is 3.48. The number of benzene rings is 1. The molecule has 7 heteroatoms. The lowest BCUT2D eigenvalue weighted by Crippen LogP contribution is -2.45. The average Bonchev–Trinajstić information content (AvgIpc) is 2.59. The van der Waals surface area contributed by atoms with E-state index in [4.69, 9.17) is 0 Å². The highest BCUT2D eigenvalue weighted by Gasteiger charge is 2.59. The summed E-state index contributed by atoms with van der Waals surface area (Å²) in [5.41, 5.74) is 0.947. The van der Waals surface area contributed by atoms with Crippen molar-refractivity contribution in [2.24, 2.45) is 5.92 Å². The summed E-state index contributed by atoms with van der Waals surface area (Å²) in [5.74, 6) is 0.560. The molecule has 0 aliphatic heterocycles. The number of alkyl halides is 6. The van der Waals surface area contributed by atoms with Crippen molar-refractivity contribution in [3.05, 3.63) is 29.8 Å². The first kappa shape index (κ1) is 20.9. The van der Waals surface area contributed by atoms with Gasteiger partial charge in [-0.05, 0) is 55.2 Å². The largest absolute Gasteiger partial charge is 0.439 e. The van der Waals surface area contributed by atoms with Gasteiger partial charge in [-0.2, -0.15) is 22.0 Å². The molecule has 26 heavy (non-hydrogen) atoms. The molecule has 1 saturated carbocycles. The van der Waals surface area contributed by atoms with Gasteiger partial charge in [-0.3, -0.25) is 0 Å². The molecule has 0 aromatic heterocycles. The maximum absolute atomic E-state index is 13.3. The quantitative estimate of drug-likeness (QED) is 0.460. The summed E-state index contributed by atoms with van der Waals surface area (Å²) in [6, 6.07) is 5.50. The lowest BCUT2D eigenvalue weighted by Gasteiger charge is -2.29. The van der Waals surface area contributed by atoms with Gasteiger partial charge >= 0.3 is 12.3 Å². The molecule has 0 bridgehead atoms. The van der Waals surface area contributed by atoms with E-state index in [0.29, 0.717) is 5.92 Å². The van der Waals surface area contributed by atoms with Crippen molar-refractivity contribution in [3.8, 4) is 5.75 Å². The highest BCUT2D eigenvalue weighted by Crippen LogP contribution is 2.39. The normalized spacial score (nSPS) is 22.9. The molecular formula is C19H24F6O. The third kappa shape index (κ3) is 5.55. The van der Waals surface area contributed by atoms with Crippen LogP contribution in [0.2, 0.25) is 0 Å². The molecule has 1 aliphatic rings. The molecule has 1 atom stereocenters. The highest BCUT2D eigenvalue weighted by atomic mass is 19.4. The van der Waals surface area contributed by atoms with Gasteiger partial charge in [0.1, 0.15) is 5.75 Å². The second kappa shape index (κ2) is 8.53. The van der Waals surface area contributed by atoms with Crippen LogP contribution in [0.4, 0.5) is 26.3 Å². The topological polar surface area (TPSA) is 9.23 Å². The molecule has 1 unspecified atom stereocenters. The summed E-state index contributed by atoms with van der Waals surface area (Å²) in [5, 5.41) is 0. The van der Waals surface area contributed by atoms with E-state index in [1.54, 1.807) is 12.1 Å². The van der Waals surface area contributed by atoms with Crippen LogP contribution in [0.25, 0.3) is 0 Å². The van der Waals surface area contributed by atoms with Crippen LogP contribution in [-0.2, 0) is 0 Å². The first-order valence-electron chi connectivity index (χ1n) is 9.01. The van der Waals surface area contributed by atoms with Gasteiger partial charge in [-0.25, -0.2) is 4.39 Å². The van der Waals surface area contributed by atoms with Crippen molar-refractivity contribution in [2.45, 2.75) is 76.2 Å². The van der Waals surface area contributed by atoms with E-state index in [0.717, 1.165) is 37.2 Å². The fourth-order valence-electron chi connectivity index (χ4n) is 3.48. The number of unbranched alkanes of at least 4 members (excludes halogenated alkanes) is 1. The molecule has 1 aromatic rings. The summed E-state index contributed by atoms with van der Waals surface area (Å²) in [6.45, 7) is 2.17. The standard InChI is InChI=1S/C19H24F6O/c1-2-3-4-13-5-7-14(8-6-13)15-9-11-16(12-10-15)26-19(24,25)17(20)18(21,22)23/h9-14,17H,2-8H2,1H3. The maximum atomic E-state index is 13.3. The summed E-state index contributed by atoms with van der Waals surface area (Å²) in [6.07, 6.45) is -7.12. The van der Waals surface area contributed by atoms with Crippen molar-refractivity contribution in [1.82, 2.24) is 0 Å². The van der Waals surface area contributed by atoms with Crippen LogP contribution in [0.1, 0.15) is 63.4 Å². The van der Waals surface area contributed by atoms with E-state index in [-0.39, 0.29) is 0 Å². The molecular weight excluding hydrogens is 358 g/mol. The van der Waals surface area contributed by atoms with Crippen LogP contribution < -0.4 is 4.74 Å². The molecule has 0 radical (unpaired) electrons. The Kier molecular flexibility index (Phi) is 6.86. The number of hydrogen-bond donors (Lipinski definition) is 0. The Labute approximate surface area is 149 Å². The van der Waals surface area contributed by atoms with Crippen molar-refractivity contribution in [1.29, 1.82) is 0 Å². The SMILES string of the molecule is CCCCC1CCC(c2ccc(OC(F)(F)C(F)C(F)(F)F)cc2)CC1. The molecule has 1 nitrogen and oxygen atoms in total. The minimum absolute atomic E-state index is 0.312. The average molecular weight is 382 g/mol. The van der Waals surface area contributed by atoms with E-state index in [1.807, 2.05) is 0 Å². The molecule has 2 rings (SSSR count). The van der Waals surface area contributed by atoms with Crippen molar-refractivity contribution in [2.75, 3.05) is 0 Å². The van der Waals surface area contributed by atoms with Gasteiger partial charge < -0.3 is 4.74 Å². The molecule has 0 amide bonds. The van der Waals surface area contributed by atoms with Crippen LogP contribution >= 0.6 is 0 Å². The second-order valence-electron chi connectivity index (χ2n) is 7.00. The van der Waals surface area contributed by atoms with E-state index >= 15 is 0 Å². The van der Waals surface area contributed by atoms with Gasteiger partial charge in [0.25, 0.3) is 6.17 Å². The summed E-state index contributed by atoms with van der Waals surface area (Å²) >= 11 is 0. The zero-order valence-electron chi connectivity index (χ0n) is 14.7. The van der Waals surface area contributed by atoms with Crippen LogP contribution in [0.3, 0.4) is 0 Å². The number of rotatable bonds is 7. The second-order valence-corrected chi connectivity index (χ2v) is 7.00. The van der Waals surface area contributed by atoms with Gasteiger partial charge in [0.15, 0.2) is 0 Å². The van der Waals surface area contributed by atoms with Crippen LogP contribution in [-0.4, -0.2) is 18.5 Å². The third-order valence-corrected chi connectivity index (χ3v) is 5.00. The fraction of sp³-hybridized carbons (Fsp3) is 0.684. The number of ether oxygens (including phenoxy) is 1. The van der Waals surface area contributed by atoms with Crippen LogP contribution in [0.5, 0.6) is 5.75 Å². The van der Waals surface area contributed by atoms with Crippen LogP contribution in [0, 0.1) is 5.92 Å². The predicted molar refractivity (Wildman–Crippen MR) is 87.2 cm³/mol. The monoisotopic (exact) mass is 382 g/mol. The van der Waals surface area contributed by atoms with Crippen LogP contribution in [0.15, 0.2) is 24.3 Å². The summed E-state index contributed by atoms with van der Waals surface area (Å²) in [4.78, 5) is 0.